The van der Waals surface area contributed by atoms with E-state index in [1.807, 2.05) is 18.2 Å². The number of nitrogens with zero attached hydrogens (tertiary/aromatic N) is 3. The van der Waals surface area contributed by atoms with Gasteiger partial charge in [0.1, 0.15) is 0 Å². The summed E-state index contributed by atoms with van der Waals surface area (Å²) in [5.74, 6) is -0.388. The number of nitrogens with one attached hydrogen (secondary N) is 1. The molecular weight excluding hydrogens is 337 g/mol. The third-order valence-corrected chi connectivity index (χ3v) is 3.66. The third kappa shape index (κ3) is 3.13. The lowest BCUT2D eigenvalue weighted by atomic mass is 10.3. The molecule has 1 amide bonds. The summed E-state index contributed by atoms with van der Waals surface area (Å²) in [6, 6.07) is 13.9. The Hall–Kier alpha value is -2.57. The van der Waals surface area contributed by atoms with Crippen molar-refractivity contribution in [3.63, 3.8) is 0 Å². The van der Waals surface area contributed by atoms with E-state index in [4.69, 9.17) is 28.9 Å². The number of anilines is 2. The van der Waals surface area contributed by atoms with Gasteiger partial charge in [0.05, 0.1) is 16.4 Å². The SMILES string of the molecule is Nc1c(C(=O)Nc2cc(Cl)ccc2Cl)nnn1-c1ccccc1. The van der Waals surface area contributed by atoms with Crippen molar-refractivity contribution in [1.29, 1.82) is 0 Å². The molecule has 0 spiro atoms. The predicted octanol–water partition coefficient (Wildman–Crippen LogP) is 3.41. The van der Waals surface area contributed by atoms with Crippen LogP contribution in [0.4, 0.5) is 11.5 Å². The minimum absolute atomic E-state index is 0.00453. The van der Waals surface area contributed by atoms with Gasteiger partial charge in [-0.15, -0.1) is 5.10 Å². The zero-order valence-corrected chi connectivity index (χ0v) is 13.2. The molecule has 3 aromatic rings. The van der Waals surface area contributed by atoms with E-state index in [0.717, 1.165) is 0 Å². The topological polar surface area (TPSA) is 85.8 Å². The summed E-state index contributed by atoms with van der Waals surface area (Å²) in [6.45, 7) is 0. The average molecular weight is 348 g/mol. The van der Waals surface area contributed by atoms with Crippen LogP contribution in [-0.4, -0.2) is 20.9 Å². The van der Waals surface area contributed by atoms with E-state index < -0.39 is 5.91 Å². The number of hydrogen-bond donors (Lipinski definition) is 2. The summed E-state index contributed by atoms with van der Waals surface area (Å²) in [5, 5.41) is 11.2. The van der Waals surface area contributed by atoms with Gasteiger partial charge >= 0.3 is 0 Å². The van der Waals surface area contributed by atoms with Gasteiger partial charge in [-0.05, 0) is 30.3 Å². The van der Waals surface area contributed by atoms with Gasteiger partial charge < -0.3 is 11.1 Å². The molecule has 0 unspecified atom stereocenters. The molecule has 6 nitrogen and oxygen atoms in total. The highest BCUT2D eigenvalue weighted by molar-refractivity contribution is 6.35. The van der Waals surface area contributed by atoms with E-state index in [0.29, 0.717) is 21.4 Å². The molecule has 0 aliphatic carbocycles. The number of nitrogens with two attached hydrogens (primary N) is 1. The zero-order chi connectivity index (χ0) is 16.4. The lowest BCUT2D eigenvalue weighted by molar-refractivity contribution is 0.102. The number of carbonyl (C=O) groups is 1. The first-order valence-electron chi connectivity index (χ1n) is 6.59. The largest absolute Gasteiger partial charge is 0.382 e. The second-order valence-electron chi connectivity index (χ2n) is 4.65. The van der Waals surface area contributed by atoms with Crippen molar-refractivity contribution in [2.75, 3.05) is 11.1 Å². The van der Waals surface area contributed by atoms with E-state index in [1.165, 1.54) is 4.68 Å². The molecule has 3 rings (SSSR count). The van der Waals surface area contributed by atoms with Crippen LogP contribution in [0.3, 0.4) is 0 Å². The van der Waals surface area contributed by atoms with Gasteiger partial charge in [-0.3, -0.25) is 4.79 Å². The van der Waals surface area contributed by atoms with E-state index in [1.54, 1.807) is 30.3 Å². The number of hydrogen-bond acceptors (Lipinski definition) is 4. The van der Waals surface area contributed by atoms with Crippen LogP contribution in [0.5, 0.6) is 0 Å². The van der Waals surface area contributed by atoms with Crippen LogP contribution in [0.1, 0.15) is 10.5 Å². The maximum Gasteiger partial charge on any atom is 0.280 e. The van der Waals surface area contributed by atoms with Gasteiger partial charge in [-0.25, -0.2) is 0 Å². The Morgan fingerprint density at radius 1 is 1.13 bits per heavy atom. The highest BCUT2D eigenvalue weighted by Gasteiger charge is 2.19. The van der Waals surface area contributed by atoms with Gasteiger partial charge in [0, 0.05) is 5.02 Å². The molecule has 0 fully saturated rings. The smallest absolute Gasteiger partial charge is 0.280 e. The average Bonchev–Trinajstić information content (AvgIpc) is 2.93. The molecule has 8 heteroatoms. The fourth-order valence-corrected chi connectivity index (χ4v) is 2.32. The molecule has 3 N–H and O–H groups in total. The lowest BCUT2D eigenvalue weighted by Gasteiger charge is -2.07. The van der Waals surface area contributed by atoms with Crippen LogP contribution in [0.2, 0.25) is 10.0 Å². The number of carbonyl (C=O) groups excluding carboxylic acids is 1. The Balaban J connectivity index is 1.89. The highest BCUT2D eigenvalue weighted by atomic mass is 35.5. The molecule has 2 aromatic carbocycles. The minimum atomic E-state index is -0.520. The Bertz CT molecular complexity index is 864. The summed E-state index contributed by atoms with van der Waals surface area (Å²) in [7, 11) is 0. The Kier molecular flexibility index (Phi) is 4.18. The summed E-state index contributed by atoms with van der Waals surface area (Å²) in [5.41, 5.74) is 7.06. The van der Waals surface area contributed by atoms with Gasteiger partial charge in [0.15, 0.2) is 11.5 Å². The summed E-state index contributed by atoms with van der Waals surface area (Å²) in [4.78, 5) is 12.3. The first-order chi connectivity index (χ1) is 11.1. The number of nitrogen functional groups attached to an aromatic ring is 1. The normalized spacial score (nSPS) is 10.5. The molecule has 0 aliphatic rings. The van der Waals surface area contributed by atoms with Crippen LogP contribution in [0.15, 0.2) is 48.5 Å². The van der Waals surface area contributed by atoms with Crippen LogP contribution in [0.25, 0.3) is 5.69 Å². The Labute approximate surface area is 141 Å². The van der Waals surface area contributed by atoms with Crippen LogP contribution in [0, 0.1) is 0 Å². The van der Waals surface area contributed by atoms with Gasteiger partial charge in [-0.1, -0.05) is 46.6 Å². The molecule has 0 atom stereocenters. The number of amides is 1. The molecule has 0 aliphatic heterocycles. The molecule has 116 valence electrons. The van der Waals surface area contributed by atoms with Crippen molar-refractivity contribution in [3.05, 3.63) is 64.3 Å². The number of para-hydroxylation sites is 1. The van der Waals surface area contributed by atoms with E-state index in [9.17, 15) is 4.79 Å². The van der Waals surface area contributed by atoms with Crippen molar-refractivity contribution in [2.24, 2.45) is 0 Å². The molecule has 23 heavy (non-hydrogen) atoms. The van der Waals surface area contributed by atoms with Crippen molar-refractivity contribution in [3.8, 4) is 5.69 Å². The molecule has 1 aromatic heterocycles. The lowest BCUT2D eigenvalue weighted by Crippen LogP contribution is -2.15. The molecule has 0 radical (unpaired) electrons. The Morgan fingerprint density at radius 2 is 1.87 bits per heavy atom. The van der Waals surface area contributed by atoms with Crippen molar-refractivity contribution < 1.29 is 4.79 Å². The monoisotopic (exact) mass is 347 g/mol. The van der Waals surface area contributed by atoms with E-state index in [2.05, 4.69) is 15.6 Å². The summed E-state index contributed by atoms with van der Waals surface area (Å²) in [6.07, 6.45) is 0. The fraction of sp³-hybridized carbons (Fsp3) is 0. The van der Waals surface area contributed by atoms with Crippen LogP contribution < -0.4 is 11.1 Å². The highest BCUT2D eigenvalue weighted by Crippen LogP contribution is 2.26. The molecule has 0 saturated heterocycles. The summed E-state index contributed by atoms with van der Waals surface area (Å²) >= 11 is 11.9. The number of rotatable bonds is 3. The first kappa shape index (κ1) is 15.3. The molecule has 0 bridgehead atoms. The zero-order valence-electron chi connectivity index (χ0n) is 11.7. The minimum Gasteiger partial charge on any atom is -0.382 e. The van der Waals surface area contributed by atoms with Crippen molar-refractivity contribution in [2.45, 2.75) is 0 Å². The Morgan fingerprint density at radius 3 is 2.61 bits per heavy atom. The number of benzene rings is 2. The maximum absolute atomic E-state index is 12.3. The second kappa shape index (κ2) is 6.28. The molecular formula is C15H11Cl2N5O. The molecule has 1 heterocycles. The van der Waals surface area contributed by atoms with Gasteiger partial charge in [-0.2, -0.15) is 4.68 Å². The van der Waals surface area contributed by atoms with Crippen LogP contribution in [-0.2, 0) is 0 Å². The van der Waals surface area contributed by atoms with Crippen LogP contribution >= 0.6 is 23.2 Å². The fourth-order valence-electron chi connectivity index (χ4n) is 1.99. The van der Waals surface area contributed by atoms with E-state index in [-0.39, 0.29) is 11.5 Å². The quantitative estimate of drug-likeness (QED) is 0.760. The third-order valence-electron chi connectivity index (χ3n) is 3.10. The molecule has 0 saturated carbocycles. The summed E-state index contributed by atoms with van der Waals surface area (Å²) < 4.78 is 1.38. The van der Waals surface area contributed by atoms with E-state index >= 15 is 0 Å². The van der Waals surface area contributed by atoms with Crippen molar-refractivity contribution in [1.82, 2.24) is 15.0 Å². The van der Waals surface area contributed by atoms with Gasteiger partial charge in [0.25, 0.3) is 5.91 Å². The second-order valence-corrected chi connectivity index (χ2v) is 5.49. The first-order valence-corrected chi connectivity index (χ1v) is 7.35. The van der Waals surface area contributed by atoms with Gasteiger partial charge in [0.2, 0.25) is 0 Å². The standard InChI is InChI=1S/C15H11Cl2N5O/c16-9-6-7-11(17)12(8-9)19-15(23)13-14(18)22(21-20-13)10-4-2-1-3-5-10/h1-8H,18H2,(H,19,23). The number of aromatic nitrogens is 3. The maximum atomic E-state index is 12.3. The van der Waals surface area contributed by atoms with Crippen molar-refractivity contribution >= 4 is 40.6 Å². The predicted molar refractivity (Wildman–Crippen MR) is 90.2 cm³/mol. The number of halogens is 2.